The van der Waals surface area contributed by atoms with Crippen LogP contribution in [0.3, 0.4) is 0 Å². The summed E-state index contributed by atoms with van der Waals surface area (Å²) in [5.41, 5.74) is 10.8. The molecule has 12 bridgehead atoms. The van der Waals surface area contributed by atoms with Crippen LogP contribution >= 0.6 is 0 Å². The van der Waals surface area contributed by atoms with Gasteiger partial charge in [-0.25, -0.2) is 9.98 Å². The van der Waals surface area contributed by atoms with E-state index in [4.69, 9.17) is 15.0 Å². The van der Waals surface area contributed by atoms with E-state index in [0.29, 0.717) is 0 Å². The molecule has 0 saturated heterocycles. The normalized spacial score (nSPS) is 23.4. The van der Waals surface area contributed by atoms with Gasteiger partial charge in [0.25, 0.3) is 0 Å². The topological polar surface area (TPSA) is 84.5 Å². The summed E-state index contributed by atoms with van der Waals surface area (Å²) in [6.45, 7) is 0. The maximum atomic E-state index is 4.91. The minimum Gasteiger partial charge on any atom is -0.357 e. The van der Waals surface area contributed by atoms with Gasteiger partial charge >= 0.3 is 0 Å². The molecule has 0 radical (unpaired) electrons. The highest BCUT2D eigenvalue weighted by Gasteiger charge is 2.17. The number of fused-ring (bicyclic) bond motifs is 12. The number of aliphatic imine (C=N–C) groups is 3. The molecule has 1 atom stereocenters. The fourth-order valence-corrected chi connectivity index (χ4v) is 4.50. The molecule has 0 aromatic carbocycles. The Bertz CT molecular complexity index is 1540. The van der Waals surface area contributed by atoms with Crippen LogP contribution in [-0.4, -0.2) is 38.1 Å². The smallest absolute Gasteiger partial charge is 0.0872 e. The SMILES string of the molecule is C1=C/C2=C/c3ccc([nH]3)C3=NC(C=C3)Cc3ccc([nH]3)C3=N/C(=C\c4ccc([nH]4)C1=N2)C=C3. The highest BCUT2D eigenvalue weighted by molar-refractivity contribution is 6.12. The van der Waals surface area contributed by atoms with Crippen molar-refractivity contribution in [1.82, 2.24) is 15.0 Å². The Labute approximate surface area is 190 Å². The van der Waals surface area contributed by atoms with Gasteiger partial charge in [-0.2, -0.15) is 0 Å². The third-order valence-electron chi connectivity index (χ3n) is 6.13. The average Bonchev–Trinajstić information content (AvgIpc) is 3.62. The number of H-pyrrole nitrogens is 3. The van der Waals surface area contributed by atoms with E-state index in [1.807, 2.05) is 24.3 Å². The van der Waals surface area contributed by atoms with Crippen LogP contribution in [0.1, 0.15) is 34.2 Å². The Morgan fingerprint density at radius 1 is 0.606 bits per heavy atom. The lowest BCUT2D eigenvalue weighted by atomic mass is 10.2. The van der Waals surface area contributed by atoms with Crippen LogP contribution in [0.5, 0.6) is 0 Å². The molecular formula is C27H20N6. The monoisotopic (exact) mass is 428 g/mol. The van der Waals surface area contributed by atoms with Gasteiger partial charge in [0.2, 0.25) is 0 Å². The summed E-state index contributed by atoms with van der Waals surface area (Å²) in [5, 5.41) is 0. The molecule has 1 unspecified atom stereocenters. The quantitative estimate of drug-likeness (QED) is 0.462. The van der Waals surface area contributed by atoms with E-state index >= 15 is 0 Å². The van der Waals surface area contributed by atoms with Crippen LogP contribution in [0.4, 0.5) is 0 Å². The highest BCUT2D eigenvalue weighted by atomic mass is 14.9. The van der Waals surface area contributed by atoms with Gasteiger partial charge in [-0.1, -0.05) is 6.08 Å². The predicted octanol–water partition coefficient (Wildman–Crippen LogP) is 4.75. The number of hydrogen-bond donors (Lipinski definition) is 3. The lowest BCUT2D eigenvalue weighted by Crippen LogP contribution is -2.05. The molecule has 3 aromatic rings. The van der Waals surface area contributed by atoms with Crippen LogP contribution in [0.2, 0.25) is 0 Å². The molecule has 3 N–H and O–H groups in total. The zero-order valence-corrected chi connectivity index (χ0v) is 17.7. The van der Waals surface area contributed by atoms with E-state index in [-0.39, 0.29) is 6.04 Å². The Balaban J connectivity index is 1.31. The summed E-state index contributed by atoms with van der Waals surface area (Å²) >= 11 is 0. The van der Waals surface area contributed by atoms with Crippen molar-refractivity contribution in [2.75, 3.05) is 0 Å². The van der Waals surface area contributed by atoms with Crippen LogP contribution in [-0.2, 0) is 6.42 Å². The second kappa shape index (κ2) is 7.03. The van der Waals surface area contributed by atoms with Crippen LogP contribution in [0.25, 0.3) is 12.2 Å². The molecule has 6 nitrogen and oxygen atoms in total. The number of nitrogens with one attached hydrogen (secondary N) is 3. The highest BCUT2D eigenvalue weighted by Crippen LogP contribution is 2.22. The van der Waals surface area contributed by atoms with Crippen molar-refractivity contribution in [2.45, 2.75) is 12.5 Å². The van der Waals surface area contributed by atoms with Gasteiger partial charge in [-0.15, -0.1) is 0 Å². The van der Waals surface area contributed by atoms with Gasteiger partial charge in [0.1, 0.15) is 0 Å². The molecule has 33 heavy (non-hydrogen) atoms. The molecule has 158 valence electrons. The maximum absolute atomic E-state index is 4.91. The Morgan fingerprint density at radius 2 is 1.21 bits per heavy atom. The van der Waals surface area contributed by atoms with E-state index in [1.54, 1.807) is 0 Å². The predicted molar refractivity (Wildman–Crippen MR) is 133 cm³/mol. The van der Waals surface area contributed by atoms with E-state index < -0.39 is 0 Å². The number of aromatic nitrogens is 3. The fraction of sp³-hybridized carbons (Fsp3) is 0.0741. The summed E-state index contributed by atoms with van der Waals surface area (Å²) in [6.07, 6.45) is 17.3. The molecular weight excluding hydrogens is 408 g/mol. The maximum Gasteiger partial charge on any atom is 0.0872 e. The molecule has 6 heteroatoms. The van der Waals surface area contributed by atoms with Crippen molar-refractivity contribution >= 4 is 29.3 Å². The van der Waals surface area contributed by atoms with Gasteiger partial charge < -0.3 is 15.0 Å². The molecule has 3 aromatic heterocycles. The first-order valence-electron chi connectivity index (χ1n) is 11.1. The lowest BCUT2D eigenvalue weighted by Gasteiger charge is -2.03. The van der Waals surface area contributed by atoms with Crippen molar-refractivity contribution in [1.29, 1.82) is 0 Å². The summed E-state index contributed by atoms with van der Waals surface area (Å²) in [6, 6.07) is 12.6. The number of hydrogen-bond acceptors (Lipinski definition) is 3. The molecule has 4 aliphatic rings. The number of allylic oxidation sites excluding steroid dienone is 5. The second-order valence-corrected chi connectivity index (χ2v) is 8.50. The van der Waals surface area contributed by atoms with Gasteiger partial charge in [0.15, 0.2) is 0 Å². The van der Waals surface area contributed by atoms with Crippen molar-refractivity contribution in [3.05, 3.63) is 118 Å². The van der Waals surface area contributed by atoms with Gasteiger partial charge in [0.05, 0.1) is 51.7 Å². The van der Waals surface area contributed by atoms with Gasteiger partial charge in [-0.05, 0) is 78.9 Å². The standard InChI is InChI=1S/C27H20N6/c1-7-22-23-8-3-18(30-23)14-19-5-11-26(32-19)27-12-6-21(33-27)15-20-4-10-25(31-20)24-9-2-17(29-24)13-16(1)28-22/h1-14,20,29-30,33H,15H2/b16-13-,19-14-. The van der Waals surface area contributed by atoms with E-state index in [0.717, 1.165) is 69.1 Å². The third kappa shape index (κ3) is 3.32. The Hall–Kier alpha value is -4.45. The second-order valence-electron chi connectivity index (χ2n) is 8.50. The third-order valence-corrected chi connectivity index (χ3v) is 6.13. The largest absolute Gasteiger partial charge is 0.357 e. The first-order valence-corrected chi connectivity index (χ1v) is 11.1. The number of rotatable bonds is 0. The molecule has 0 aliphatic carbocycles. The van der Waals surface area contributed by atoms with Crippen LogP contribution in [0, 0.1) is 0 Å². The zero-order valence-electron chi connectivity index (χ0n) is 17.7. The summed E-state index contributed by atoms with van der Waals surface area (Å²) in [5.74, 6) is 0. The lowest BCUT2D eigenvalue weighted by molar-refractivity contribution is 0.806. The molecule has 0 saturated carbocycles. The minimum absolute atomic E-state index is 0.119. The Kier molecular flexibility index (Phi) is 3.87. The van der Waals surface area contributed by atoms with Crippen LogP contribution in [0.15, 0.2) is 99.2 Å². The van der Waals surface area contributed by atoms with Gasteiger partial charge in [-0.3, -0.25) is 4.99 Å². The average molecular weight is 428 g/mol. The molecule has 7 rings (SSSR count). The summed E-state index contributed by atoms with van der Waals surface area (Å²) < 4.78 is 0. The first-order chi connectivity index (χ1) is 16.2. The Morgan fingerprint density at radius 3 is 1.91 bits per heavy atom. The molecule has 0 amide bonds. The first kappa shape index (κ1) is 18.2. The van der Waals surface area contributed by atoms with Crippen molar-refractivity contribution in [3.63, 3.8) is 0 Å². The van der Waals surface area contributed by atoms with Crippen LogP contribution < -0.4 is 0 Å². The molecule has 4 aliphatic heterocycles. The summed E-state index contributed by atoms with van der Waals surface area (Å²) in [7, 11) is 0. The van der Waals surface area contributed by atoms with Crippen molar-refractivity contribution in [2.24, 2.45) is 15.0 Å². The molecule has 7 heterocycles. The van der Waals surface area contributed by atoms with E-state index in [1.165, 1.54) is 0 Å². The van der Waals surface area contributed by atoms with E-state index in [9.17, 15) is 0 Å². The van der Waals surface area contributed by atoms with E-state index in [2.05, 4.69) is 75.7 Å². The van der Waals surface area contributed by atoms with Crippen molar-refractivity contribution < 1.29 is 0 Å². The number of nitrogens with zero attached hydrogens (tertiary/aromatic N) is 3. The number of aromatic amines is 3. The fourth-order valence-electron chi connectivity index (χ4n) is 4.50. The molecule has 0 spiro atoms. The summed E-state index contributed by atoms with van der Waals surface area (Å²) in [4.78, 5) is 24.9. The van der Waals surface area contributed by atoms with Gasteiger partial charge in [0, 0.05) is 23.5 Å². The minimum atomic E-state index is 0.119. The van der Waals surface area contributed by atoms with Crippen molar-refractivity contribution in [3.8, 4) is 0 Å². The zero-order chi connectivity index (χ0) is 21.8. The molecule has 0 fully saturated rings.